The lowest BCUT2D eigenvalue weighted by atomic mass is 10.2. The Morgan fingerprint density at radius 1 is 1.62 bits per heavy atom. The van der Waals surface area contributed by atoms with E-state index in [0.29, 0.717) is 0 Å². The van der Waals surface area contributed by atoms with E-state index in [1.54, 1.807) is 6.20 Å². The summed E-state index contributed by atoms with van der Waals surface area (Å²) in [4.78, 5) is 14.4. The number of nitrogens with zero attached hydrogens (tertiary/aromatic N) is 3. The van der Waals surface area contributed by atoms with Crippen LogP contribution in [0.5, 0.6) is 0 Å². The van der Waals surface area contributed by atoms with Crippen LogP contribution in [0.1, 0.15) is 24.9 Å². The van der Waals surface area contributed by atoms with Gasteiger partial charge in [-0.25, -0.2) is 4.98 Å². The lowest BCUT2D eigenvalue weighted by Crippen LogP contribution is -2.07. The molecule has 1 heterocycles. The lowest BCUT2D eigenvalue weighted by Gasteiger charge is -1.98. The molecule has 1 N–H and O–H groups in total. The summed E-state index contributed by atoms with van der Waals surface area (Å²) in [6.45, 7) is 2.03. The van der Waals surface area contributed by atoms with Crippen LogP contribution >= 0.6 is 0 Å². The lowest BCUT2D eigenvalue weighted by molar-refractivity contribution is -0.136. The minimum atomic E-state index is -0.935. The second kappa shape index (κ2) is 4.49. The maximum atomic E-state index is 10.3. The highest BCUT2D eigenvalue weighted by Gasteiger charge is 2.04. The summed E-state index contributed by atoms with van der Waals surface area (Å²) in [5.74, 6) is -0.658. The third-order valence-corrected chi connectivity index (χ3v) is 1.47. The van der Waals surface area contributed by atoms with Crippen molar-refractivity contribution in [1.82, 2.24) is 15.2 Å². The summed E-state index contributed by atoms with van der Waals surface area (Å²) < 4.78 is 0. The molecule has 0 saturated heterocycles. The fraction of sp³-hybridized carbons (Fsp3) is 0.500. The summed E-state index contributed by atoms with van der Waals surface area (Å²) in [7, 11) is 0. The molecule has 0 unspecified atom stereocenters. The molecule has 70 valence electrons. The minimum Gasteiger partial charge on any atom is -0.481 e. The maximum Gasteiger partial charge on any atom is 0.311 e. The van der Waals surface area contributed by atoms with Gasteiger partial charge >= 0.3 is 5.97 Å². The first kappa shape index (κ1) is 9.57. The third-order valence-electron chi connectivity index (χ3n) is 1.47. The van der Waals surface area contributed by atoms with E-state index in [1.165, 1.54) is 0 Å². The molecule has 0 fully saturated rings. The van der Waals surface area contributed by atoms with Gasteiger partial charge in [0, 0.05) is 0 Å². The van der Waals surface area contributed by atoms with Gasteiger partial charge in [0.05, 0.1) is 11.9 Å². The number of rotatable bonds is 4. The van der Waals surface area contributed by atoms with Crippen molar-refractivity contribution in [2.45, 2.75) is 26.2 Å². The van der Waals surface area contributed by atoms with Crippen LogP contribution in [-0.2, 0) is 17.6 Å². The molecule has 0 aliphatic carbocycles. The predicted octanol–water partition coefficient (Wildman–Crippen LogP) is 0.451. The summed E-state index contributed by atoms with van der Waals surface area (Å²) in [5.41, 5.74) is 0.800. The quantitative estimate of drug-likeness (QED) is 0.729. The van der Waals surface area contributed by atoms with Gasteiger partial charge in [0.2, 0.25) is 0 Å². The first-order valence-electron chi connectivity index (χ1n) is 4.11. The monoisotopic (exact) mass is 181 g/mol. The molecule has 0 aliphatic heterocycles. The average Bonchev–Trinajstić information content (AvgIpc) is 2.04. The first-order chi connectivity index (χ1) is 6.22. The molecule has 0 aliphatic rings. The van der Waals surface area contributed by atoms with Crippen LogP contribution in [0, 0.1) is 0 Å². The molecule has 0 bridgehead atoms. The fourth-order valence-electron chi connectivity index (χ4n) is 0.966. The second-order valence-electron chi connectivity index (χ2n) is 2.68. The smallest absolute Gasteiger partial charge is 0.311 e. The number of hydrogen-bond donors (Lipinski definition) is 1. The highest BCUT2D eigenvalue weighted by atomic mass is 16.4. The van der Waals surface area contributed by atoms with Gasteiger partial charge in [0.15, 0.2) is 5.82 Å². The standard InChI is InChI=1S/C8H11N3O2/c1-2-3-6-5-9-11-7(10-6)4-8(12)13/h5H,2-4H2,1H3,(H,12,13). The van der Waals surface area contributed by atoms with Crippen LogP contribution in [0.3, 0.4) is 0 Å². The van der Waals surface area contributed by atoms with Gasteiger partial charge in [0.25, 0.3) is 0 Å². The largest absolute Gasteiger partial charge is 0.481 e. The Morgan fingerprint density at radius 2 is 2.38 bits per heavy atom. The SMILES string of the molecule is CCCc1cnnc(CC(=O)O)n1. The molecular weight excluding hydrogens is 170 g/mol. The van der Waals surface area contributed by atoms with E-state index in [0.717, 1.165) is 18.5 Å². The molecule has 5 nitrogen and oxygen atoms in total. The Balaban J connectivity index is 2.73. The maximum absolute atomic E-state index is 10.3. The number of carboxylic acids is 1. The first-order valence-corrected chi connectivity index (χ1v) is 4.11. The third kappa shape index (κ3) is 3.14. The summed E-state index contributed by atoms with van der Waals surface area (Å²) in [6.07, 6.45) is 3.17. The number of aromatic nitrogens is 3. The van der Waals surface area contributed by atoms with Crippen LogP contribution in [0.4, 0.5) is 0 Å². The molecule has 1 rings (SSSR count). The zero-order chi connectivity index (χ0) is 9.68. The highest BCUT2D eigenvalue weighted by Crippen LogP contribution is 1.97. The number of carboxylic acid groups (broad SMARTS) is 1. The van der Waals surface area contributed by atoms with Gasteiger partial charge in [-0.2, -0.15) is 5.10 Å². The topological polar surface area (TPSA) is 76.0 Å². The number of carbonyl (C=O) groups is 1. The Bertz CT molecular complexity index is 301. The molecular formula is C8H11N3O2. The van der Waals surface area contributed by atoms with Crippen LogP contribution in [0.25, 0.3) is 0 Å². The Hall–Kier alpha value is -1.52. The van der Waals surface area contributed by atoms with E-state index in [-0.39, 0.29) is 12.2 Å². The molecule has 0 spiro atoms. The van der Waals surface area contributed by atoms with Gasteiger partial charge in [-0.1, -0.05) is 13.3 Å². The highest BCUT2D eigenvalue weighted by molar-refractivity contribution is 5.68. The minimum absolute atomic E-state index is 0.162. The Kier molecular flexibility index (Phi) is 3.31. The molecule has 13 heavy (non-hydrogen) atoms. The van der Waals surface area contributed by atoms with E-state index in [1.807, 2.05) is 6.92 Å². The zero-order valence-corrected chi connectivity index (χ0v) is 7.40. The van der Waals surface area contributed by atoms with Crippen molar-refractivity contribution in [3.8, 4) is 0 Å². The van der Waals surface area contributed by atoms with Crippen LogP contribution < -0.4 is 0 Å². The van der Waals surface area contributed by atoms with Crippen molar-refractivity contribution in [2.24, 2.45) is 0 Å². The van der Waals surface area contributed by atoms with Crippen molar-refractivity contribution < 1.29 is 9.90 Å². The van der Waals surface area contributed by atoms with Gasteiger partial charge in [-0.3, -0.25) is 4.79 Å². The molecule has 1 aromatic rings. The van der Waals surface area contributed by atoms with E-state index >= 15 is 0 Å². The van der Waals surface area contributed by atoms with Crippen molar-refractivity contribution in [1.29, 1.82) is 0 Å². The molecule has 0 aromatic carbocycles. The molecule has 5 heteroatoms. The van der Waals surface area contributed by atoms with E-state index < -0.39 is 5.97 Å². The second-order valence-corrected chi connectivity index (χ2v) is 2.68. The van der Waals surface area contributed by atoms with E-state index in [9.17, 15) is 4.79 Å². The van der Waals surface area contributed by atoms with E-state index in [4.69, 9.17) is 5.11 Å². The number of hydrogen-bond acceptors (Lipinski definition) is 4. The number of aliphatic carboxylic acids is 1. The number of aryl methyl sites for hydroxylation is 1. The molecule has 0 saturated carbocycles. The van der Waals surface area contributed by atoms with Crippen molar-refractivity contribution in [3.63, 3.8) is 0 Å². The van der Waals surface area contributed by atoms with Crippen LogP contribution in [-0.4, -0.2) is 26.3 Å². The van der Waals surface area contributed by atoms with Gasteiger partial charge < -0.3 is 5.11 Å². The van der Waals surface area contributed by atoms with Gasteiger partial charge in [-0.05, 0) is 6.42 Å². The summed E-state index contributed by atoms with van der Waals surface area (Å²) in [5, 5.41) is 15.8. The molecule has 0 atom stereocenters. The van der Waals surface area contributed by atoms with Crippen molar-refractivity contribution >= 4 is 5.97 Å². The van der Waals surface area contributed by atoms with Crippen molar-refractivity contribution in [2.75, 3.05) is 0 Å². The average molecular weight is 181 g/mol. The molecule has 0 amide bonds. The van der Waals surface area contributed by atoms with E-state index in [2.05, 4.69) is 15.2 Å². The Labute approximate surface area is 75.8 Å². The summed E-state index contributed by atoms with van der Waals surface area (Å²) in [6, 6.07) is 0. The Morgan fingerprint density at radius 3 is 3.00 bits per heavy atom. The van der Waals surface area contributed by atoms with Crippen LogP contribution in [0.2, 0.25) is 0 Å². The normalized spacial score (nSPS) is 9.92. The van der Waals surface area contributed by atoms with Gasteiger partial charge in [0.1, 0.15) is 6.42 Å². The van der Waals surface area contributed by atoms with Gasteiger partial charge in [-0.15, -0.1) is 5.10 Å². The predicted molar refractivity (Wildman–Crippen MR) is 45.2 cm³/mol. The summed E-state index contributed by atoms with van der Waals surface area (Å²) >= 11 is 0. The van der Waals surface area contributed by atoms with Crippen LogP contribution in [0.15, 0.2) is 6.20 Å². The molecule has 0 radical (unpaired) electrons. The fourth-order valence-corrected chi connectivity index (χ4v) is 0.966. The van der Waals surface area contributed by atoms with Crippen molar-refractivity contribution in [3.05, 3.63) is 17.7 Å². The zero-order valence-electron chi connectivity index (χ0n) is 7.40. The molecule has 1 aromatic heterocycles.